The van der Waals surface area contributed by atoms with Crippen molar-refractivity contribution in [3.05, 3.63) is 22.7 Å². The number of rotatable bonds is 2. The molecule has 1 fully saturated rings. The molecule has 3 rings (SSSR count). The molecule has 0 amide bonds. The summed E-state index contributed by atoms with van der Waals surface area (Å²) in [5.74, 6) is 0.843. The van der Waals surface area contributed by atoms with Gasteiger partial charge in [-0.05, 0) is 24.4 Å². The van der Waals surface area contributed by atoms with Crippen LogP contribution in [0.4, 0.5) is 0 Å². The molecule has 6 heteroatoms. The Bertz CT molecular complexity index is 474. The second-order valence-electron chi connectivity index (χ2n) is 3.89. The van der Waals surface area contributed by atoms with E-state index in [1.54, 1.807) is 11.3 Å². The lowest BCUT2D eigenvalue weighted by molar-refractivity contribution is 0.0243. The molecule has 1 aliphatic heterocycles. The first-order valence-electron chi connectivity index (χ1n) is 5.08. The van der Waals surface area contributed by atoms with E-state index in [0.29, 0.717) is 24.7 Å². The predicted molar refractivity (Wildman–Crippen MR) is 59.0 cm³/mol. The van der Waals surface area contributed by atoms with Gasteiger partial charge in [-0.25, -0.2) is 0 Å². The average molecular weight is 237 g/mol. The summed E-state index contributed by atoms with van der Waals surface area (Å²) in [6.45, 7) is 1.24. The molecular weight excluding hydrogens is 226 g/mol. The smallest absolute Gasteiger partial charge is 0.260 e. The normalized spacial score (nSPS) is 25.1. The number of hydrogen-bond acceptors (Lipinski definition) is 6. The number of hydrogen-bond donors (Lipinski definition) is 2. The summed E-state index contributed by atoms with van der Waals surface area (Å²) in [5, 5.41) is 21.1. The number of β-amino-alcohol motifs (C(OH)–C–C–N with tert-alkyl or cyclic N) is 1. The van der Waals surface area contributed by atoms with Gasteiger partial charge >= 0.3 is 0 Å². The van der Waals surface area contributed by atoms with Crippen molar-refractivity contribution in [2.24, 2.45) is 0 Å². The zero-order valence-electron chi connectivity index (χ0n) is 8.51. The molecule has 1 atom stereocenters. The summed E-state index contributed by atoms with van der Waals surface area (Å²) >= 11 is 1.58. The van der Waals surface area contributed by atoms with Crippen LogP contribution in [-0.4, -0.2) is 28.3 Å². The molecule has 0 aliphatic carbocycles. The van der Waals surface area contributed by atoms with Gasteiger partial charge in [0.25, 0.3) is 5.89 Å². The molecule has 0 radical (unpaired) electrons. The first kappa shape index (κ1) is 9.95. The van der Waals surface area contributed by atoms with Crippen LogP contribution < -0.4 is 5.32 Å². The maximum atomic E-state index is 10.2. The Labute approximate surface area is 96.1 Å². The highest BCUT2D eigenvalue weighted by Crippen LogP contribution is 2.28. The number of thiophene rings is 1. The first-order chi connectivity index (χ1) is 7.78. The van der Waals surface area contributed by atoms with Gasteiger partial charge in [0.2, 0.25) is 5.82 Å². The number of nitrogens with one attached hydrogen (secondary N) is 1. The highest BCUT2D eigenvalue weighted by molar-refractivity contribution is 7.08. The summed E-state index contributed by atoms with van der Waals surface area (Å²) in [4.78, 5) is 4.25. The van der Waals surface area contributed by atoms with Gasteiger partial charge in [-0.15, -0.1) is 0 Å². The zero-order valence-corrected chi connectivity index (χ0v) is 9.33. The van der Waals surface area contributed by atoms with E-state index in [0.717, 1.165) is 12.1 Å². The van der Waals surface area contributed by atoms with Crippen molar-refractivity contribution in [3.8, 4) is 11.4 Å². The van der Waals surface area contributed by atoms with Gasteiger partial charge in [-0.1, -0.05) is 5.16 Å². The highest BCUT2D eigenvalue weighted by Gasteiger charge is 2.38. The van der Waals surface area contributed by atoms with E-state index in [1.807, 2.05) is 16.8 Å². The SMILES string of the molecule is OC1(c2nc(-c3ccsc3)no2)CCNC1. The van der Waals surface area contributed by atoms with Crippen LogP contribution in [-0.2, 0) is 5.60 Å². The molecular formula is C10H11N3O2S. The van der Waals surface area contributed by atoms with Crippen molar-refractivity contribution < 1.29 is 9.63 Å². The van der Waals surface area contributed by atoms with Crippen LogP contribution in [0.15, 0.2) is 21.3 Å². The van der Waals surface area contributed by atoms with Gasteiger partial charge < -0.3 is 14.9 Å². The molecule has 0 spiro atoms. The third kappa shape index (κ3) is 1.55. The van der Waals surface area contributed by atoms with Crippen molar-refractivity contribution in [1.29, 1.82) is 0 Å². The van der Waals surface area contributed by atoms with Crippen molar-refractivity contribution >= 4 is 11.3 Å². The molecule has 2 aromatic heterocycles. The van der Waals surface area contributed by atoms with Crippen molar-refractivity contribution in [3.63, 3.8) is 0 Å². The quantitative estimate of drug-likeness (QED) is 0.814. The molecule has 84 valence electrons. The first-order valence-corrected chi connectivity index (χ1v) is 6.02. The van der Waals surface area contributed by atoms with Gasteiger partial charge in [-0.2, -0.15) is 16.3 Å². The predicted octanol–water partition coefficient (Wildman–Crippen LogP) is 0.979. The Balaban J connectivity index is 1.93. The van der Waals surface area contributed by atoms with Gasteiger partial charge in [-0.3, -0.25) is 0 Å². The summed E-state index contributed by atoms with van der Waals surface area (Å²) in [7, 11) is 0. The Kier molecular flexibility index (Phi) is 2.27. The fourth-order valence-electron chi connectivity index (χ4n) is 1.78. The summed E-state index contributed by atoms with van der Waals surface area (Å²) in [6.07, 6.45) is 0.609. The van der Waals surface area contributed by atoms with E-state index in [1.165, 1.54) is 0 Å². The maximum Gasteiger partial charge on any atom is 0.260 e. The summed E-state index contributed by atoms with van der Waals surface area (Å²) in [5.41, 5.74) is -0.0732. The zero-order chi connectivity index (χ0) is 11.0. The maximum absolute atomic E-state index is 10.2. The highest BCUT2D eigenvalue weighted by atomic mass is 32.1. The van der Waals surface area contributed by atoms with Gasteiger partial charge in [0.05, 0.1) is 0 Å². The lowest BCUT2D eigenvalue weighted by Crippen LogP contribution is -2.28. The molecule has 1 aliphatic rings. The number of nitrogens with zero attached hydrogens (tertiary/aromatic N) is 2. The Morgan fingerprint density at radius 3 is 3.19 bits per heavy atom. The molecule has 16 heavy (non-hydrogen) atoms. The molecule has 5 nitrogen and oxygen atoms in total. The largest absolute Gasteiger partial charge is 0.379 e. The van der Waals surface area contributed by atoms with Gasteiger partial charge in [0.1, 0.15) is 0 Å². The molecule has 2 N–H and O–H groups in total. The molecule has 3 heterocycles. The van der Waals surface area contributed by atoms with E-state index in [2.05, 4.69) is 15.5 Å². The minimum atomic E-state index is -0.999. The lowest BCUT2D eigenvalue weighted by atomic mass is 10.0. The number of aliphatic hydroxyl groups is 1. The molecule has 0 bridgehead atoms. The Morgan fingerprint density at radius 1 is 1.56 bits per heavy atom. The van der Waals surface area contributed by atoms with Crippen LogP contribution >= 0.6 is 11.3 Å². The molecule has 0 aromatic carbocycles. The molecule has 1 unspecified atom stereocenters. The second kappa shape index (κ2) is 3.65. The van der Waals surface area contributed by atoms with Crippen molar-refractivity contribution in [1.82, 2.24) is 15.5 Å². The topological polar surface area (TPSA) is 71.2 Å². The molecule has 1 saturated heterocycles. The third-order valence-corrected chi connectivity index (χ3v) is 3.42. The van der Waals surface area contributed by atoms with Crippen LogP contribution in [0.1, 0.15) is 12.3 Å². The van der Waals surface area contributed by atoms with Crippen molar-refractivity contribution in [2.75, 3.05) is 13.1 Å². The van der Waals surface area contributed by atoms with Gasteiger partial charge in [0, 0.05) is 17.5 Å². The second-order valence-corrected chi connectivity index (χ2v) is 4.67. The van der Waals surface area contributed by atoms with E-state index < -0.39 is 5.60 Å². The van der Waals surface area contributed by atoms with E-state index in [9.17, 15) is 5.11 Å². The van der Waals surface area contributed by atoms with Crippen LogP contribution in [0.3, 0.4) is 0 Å². The monoisotopic (exact) mass is 237 g/mol. The standard InChI is InChI=1S/C10H11N3O2S/c14-10(2-3-11-6-10)9-12-8(13-15-9)7-1-4-16-5-7/h1,4-5,11,14H,2-3,6H2. The minimum absolute atomic E-state index is 0.304. The Morgan fingerprint density at radius 2 is 2.50 bits per heavy atom. The third-order valence-electron chi connectivity index (χ3n) is 2.74. The summed E-state index contributed by atoms with van der Waals surface area (Å²) in [6, 6.07) is 1.93. The van der Waals surface area contributed by atoms with Gasteiger partial charge in [0.15, 0.2) is 5.60 Å². The summed E-state index contributed by atoms with van der Waals surface area (Å²) < 4.78 is 5.13. The minimum Gasteiger partial charge on any atom is -0.379 e. The van der Waals surface area contributed by atoms with E-state index in [-0.39, 0.29) is 0 Å². The van der Waals surface area contributed by atoms with Crippen molar-refractivity contribution in [2.45, 2.75) is 12.0 Å². The van der Waals surface area contributed by atoms with Crippen LogP contribution in [0.5, 0.6) is 0 Å². The van der Waals surface area contributed by atoms with Crippen LogP contribution in [0.2, 0.25) is 0 Å². The average Bonchev–Trinajstić information content (AvgIpc) is 2.98. The van der Waals surface area contributed by atoms with E-state index >= 15 is 0 Å². The van der Waals surface area contributed by atoms with Crippen LogP contribution in [0.25, 0.3) is 11.4 Å². The fraction of sp³-hybridized carbons (Fsp3) is 0.400. The van der Waals surface area contributed by atoms with Crippen LogP contribution in [0, 0.1) is 0 Å². The lowest BCUT2D eigenvalue weighted by Gasteiger charge is -2.14. The van der Waals surface area contributed by atoms with E-state index in [4.69, 9.17) is 4.52 Å². The molecule has 0 saturated carbocycles. The number of aromatic nitrogens is 2. The molecule has 2 aromatic rings. The Hall–Kier alpha value is -1.24. The fourth-order valence-corrected chi connectivity index (χ4v) is 2.42.